The van der Waals surface area contributed by atoms with Crippen LogP contribution in [0, 0.1) is 5.92 Å². The standard InChI is InChI=1S/C16H23NO/c1-11(2)16(18)17-12(3)14-9-8-13-6-4-5-7-15(13)10-14/h8-12H,4-7H2,1-3H3,(H,17,18)/t12-/m1/s1. The lowest BCUT2D eigenvalue weighted by molar-refractivity contribution is -0.124. The van der Waals surface area contributed by atoms with Crippen molar-refractivity contribution in [3.8, 4) is 0 Å². The Balaban J connectivity index is 2.11. The second-order valence-electron chi connectivity index (χ2n) is 5.62. The zero-order valence-electron chi connectivity index (χ0n) is 11.6. The third-order valence-corrected chi connectivity index (χ3v) is 3.76. The number of carbonyl (C=O) groups excluding carboxylic acids is 1. The maximum atomic E-state index is 11.7. The molecular weight excluding hydrogens is 222 g/mol. The van der Waals surface area contributed by atoms with Crippen LogP contribution in [0.25, 0.3) is 0 Å². The summed E-state index contributed by atoms with van der Waals surface area (Å²) >= 11 is 0. The van der Waals surface area contributed by atoms with E-state index in [1.165, 1.54) is 42.4 Å². The number of benzene rings is 1. The number of amides is 1. The zero-order chi connectivity index (χ0) is 13.1. The van der Waals surface area contributed by atoms with Crippen LogP contribution in [-0.4, -0.2) is 5.91 Å². The predicted octanol–water partition coefficient (Wildman–Crippen LogP) is 3.40. The molecule has 98 valence electrons. The summed E-state index contributed by atoms with van der Waals surface area (Å²) in [6.07, 6.45) is 5.01. The van der Waals surface area contributed by atoms with E-state index in [-0.39, 0.29) is 17.9 Å². The van der Waals surface area contributed by atoms with Crippen LogP contribution < -0.4 is 5.32 Å². The number of fused-ring (bicyclic) bond motifs is 1. The van der Waals surface area contributed by atoms with Gasteiger partial charge in [0.1, 0.15) is 0 Å². The molecule has 0 unspecified atom stereocenters. The van der Waals surface area contributed by atoms with Crippen molar-refractivity contribution in [1.29, 1.82) is 0 Å². The maximum absolute atomic E-state index is 11.7. The highest BCUT2D eigenvalue weighted by Crippen LogP contribution is 2.24. The van der Waals surface area contributed by atoms with E-state index in [1.807, 2.05) is 13.8 Å². The van der Waals surface area contributed by atoms with Crippen LogP contribution in [-0.2, 0) is 17.6 Å². The number of rotatable bonds is 3. The lowest BCUT2D eigenvalue weighted by Crippen LogP contribution is -2.30. The molecule has 1 aliphatic rings. The van der Waals surface area contributed by atoms with Gasteiger partial charge in [-0.3, -0.25) is 4.79 Å². The van der Waals surface area contributed by atoms with Crippen LogP contribution in [0.4, 0.5) is 0 Å². The van der Waals surface area contributed by atoms with Gasteiger partial charge in [-0.25, -0.2) is 0 Å². The number of nitrogens with one attached hydrogen (secondary N) is 1. The largest absolute Gasteiger partial charge is 0.349 e. The smallest absolute Gasteiger partial charge is 0.223 e. The second kappa shape index (κ2) is 5.55. The van der Waals surface area contributed by atoms with Crippen LogP contribution in [0.5, 0.6) is 0 Å². The summed E-state index contributed by atoms with van der Waals surface area (Å²) in [5, 5.41) is 3.06. The quantitative estimate of drug-likeness (QED) is 0.869. The molecule has 1 atom stereocenters. The Morgan fingerprint density at radius 1 is 1.11 bits per heavy atom. The minimum atomic E-state index is 0.0464. The number of aryl methyl sites for hydroxylation is 2. The summed E-state index contributed by atoms with van der Waals surface area (Å²) in [6.45, 7) is 5.91. The van der Waals surface area contributed by atoms with Crippen LogP contribution in [0.3, 0.4) is 0 Å². The first-order valence-corrected chi connectivity index (χ1v) is 7.00. The highest BCUT2D eigenvalue weighted by atomic mass is 16.1. The molecule has 0 saturated heterocycles. The topological polar surface area (TPSA) is 29.1 Å². The molecule has 18 heavy (non-hydrogen) atoms. The molecule has 1 amide bonds. The zero-order valence-corrected chi connectivity index (χ0v) is 11.6. The fourth-order valence-corrected chi connectivity index (χ4v) is 2.49. The molecule has 2 heteroatoms. The van der Waals surface area contributed by atoms with E-state index in [0.29, 0.717) is 0 Å². The van der Waals surface area contributed by atoms with Crippen LogP contribution in [0.2, 0.25) is 0 Å². The Bertz CT molecular complexity index is 437. The number of carbonyl (C=O) groups is 1. The molecule has 0 saturated carbocycles. The average Bonchev–Trinajstić information content (AvgIpc) is 2.37. The van der Waals surface area contributed by atoms with Gasteiger partial charge in [0.25, 0.3) is 0 Å². The van der Waals surface area contributed by atoms with E-state index < -0.39 is 0 Å². The monoisotopic (exact) mass is 245 g/mol. The van der Waals surface area contributed by atoms with Crippen LogP contribution in [0.1, 0.15) is 56.3 Å². The molecule has 0 fully saturated rings. The summed E-state index contributed by atoms with van der Waals surface area (Å²) in [7, 11) is 0. The average molecular weight is 245 g/mol. The minimum Gasteiger partial charge on any atom is -0.349 e. The molecule has 2 rings (SSSR count). The van der Waals surface area contributed by atoms with E-state index >= 15 is 0 Å². The van der Waals surface area contributed by atoms with Gasteiger partial charge in [-0.2, -0.15) is 0 Å². The molecule has 1 N–H and O–H groups in total. The Labute approximate surface area is 110 Å². The summed E-state index contributed by atoms with van der Waals surface area (Å²) in [5.74, 6) is 0.172. The Morgan fingerprint density at radius 2 is 1.78 bits per heavy atom. The molecule has 0 aromatic heterocycles. The molecule has 0 bridgehead atoms. The summed E-state index contributed by atoms with van der Waals surface area (Å²) in [5.41, 5.74) is 4.20. The van der Waals surface area contributed by atoms with Crippen molar-refractivity contribution in [2.24, 2.45) is 5.92 Å². The van der Waals surface area contributed by atoms with Crippen molar-refractivity contribution in [3.05, 3.63) is 34.9 Å². The van der Waals surface area contributed by atoms with Crippen LogP contribution >= 0.6 is 0 Å². The molecule has 1 aromatic carbocycles. The van der Waals surface area contributed by atoms with Crippen molar-refractivity contribution in [2.45, 2.75) is 52.5 Å². The van der Waals surface area contributed by atoms with Gasteiger partial charge in [-0.15, -0.1) is 0 Å². The molecule has 0 aliphatic heterocycles. The summed E-state index contributed by atoms with van der Waals surface area (Å²) in [6, 6.07) is 6.78. The first-order chi connectivity index (χ1) is 8.58. The van der Waals surface area contributed by atoms with Gasteiger partial charge in [0.2, 0.25) is 5.91 Å². The molecule has 0 spiro atoms. The Kier molecular flexibility index (Phi) is 4.05. The van der Waals surface area contributed by atoms with Crippen molar-refractivity contribution in [1.82, 2.24) is 5.32 Å². The normalized spacial score (nSPS) is 16.2. The molecule has 0 heterocycles. The van der Waals surface area contributed by atoms with E-state index in [0.717, 1.165) is 0 Å². The first kappa shape index (κ1) is 13.1. The highest BCUT2D eigenvalue weighted by molar-refractivity contribution is 5.78. The van der Waals surface area contributed by atoms with Crippen molar-refractivity contribution in [3.63, 3.8) is 0 Å². The Hall–Kier alpha value is -1.31. The van der Waals surface area contributed by atoms with E-state index in [9.17, 15) is 4.79 Å². The highest BCUT2D eigenvalue weighted by Gasteiger charge is 2.15. The van der Waals surface area contributed by atoms with Gasteiger partial charge in [-0.05, 0) is 49.3 Å². The van der Waals surface area contributed by atoms with Crippen molar-refractivity contribution < 1.29 is 4.79 Å². The molecule has 0 radical (unpaired) electrons. The van der Waals surface area contributed by atoms with Gasteiger partial charge in [-0.1, -0.05) is 32.0 Å². The van der Waals surface area contributed by atoms with E-state index in [2.05, 4.69) is 30.4 Å². The second-order valence-corrected chi connectivity index (χ2v) is 5.62. The van der Waals surface area contributed by atoms with Gasteiger partial charge in [0, 0.05) is 5.92 Å². The van der Waals surface area contributed by atoms with Crippen LogP contribution in [0.15, 0.2) is 18.2 Å². The summed E-state index contributed by atoms with van der Waals surface area (Å²) in [4.78, 5) is 11.7. The van der Waals surface area contributed by atoms with Gasteiger partial charge < -0.3 is 5.32 Å². The van der Waals surface area contributed by atoms with Crippen molar-refractivity contribution >= 4 is 5.91 Å². The predicted molar refractivity (Wildman–Crippen MR) is 74.5 cm³/mol. The number of hydrogen-bond acceptors (Lipinski definition) is 1. The first-order valence-electron chi connectivity index (χ1n) is 7.00. The summed E-state index contributed by atoms with van der Waals surface area (Å²) < 4.78 is 0. The Morgan fingerprint density at radius 3 is 2.44 bits per heavy atom. The van der Waals surface area contributed by atoms with E-state index in [4.69, 9.17) is 0 Å². The van der Waals surface area contributed by atoms with Gasteiger partial charge in [0.15, 0.2) is 0 Å². The van der Waals surface area contributed by atoms with Crippen molar-refractivity contribution in [2.75, 3.05) is 0 Å². The molecule has 1 aliphatic carbocycles. The SMILES string of the molecule is CC(C)C(=O)N[C@H](C)c1ccc2c(c1)CCCC2. The number of hydrogen-bond donors (Lipinski definition) is 1. The maximum Gasteiger partial charge on any atom is 0.223 e. The van der Waals surface area contributed by atoms with Gasteiger partial charge in [0.05, 0.1) is 6.04 Å². The molecule has 2 nitrogen and oxygen atoms in total. The third kappa shape index (κ3) is 2.92. The fourth-order valence-electron chi connectivity index (χ4n) is 2.49. The fraction of sp³-hybridized carbons (Fsp3) is 0.562. The third-order valence-electron chi connectivity index (χ3n) is 3.76. The lowest BCUT2D eigenvalue weighted by atomic mass is 9.89. The van der Waals surface area contributed by atoms with E-state index in [1.54, 1.807) is 0 Å². The lowest BCUT2D eigenvalue weighted by Gasteiger charge is -2.20. The minimum absolute atomic E-state index is 0.0464. The molecular formula is C16H23NO. The molecule has 1 aromatic rings. The van der Waals surface area contributed by atoms with Gasteiger partial charge >= 0.3 is 0 Å².